The van der Waals surface area contributed by atoms with E-state index in [4.69, 9.17) is 5.11 Å². The summed E-state index contributed by atoms with van der Waals surface area (Å²) in [4.78, 5) is 39.4. The van der Waals surface area contributed by atoms with Gasteiger partial charge in [-0.1, -0.05) is 13.8 Å². The Labute approximate surface area is 122 Å². The quantitative estimate of drug-likeness (QED) is 0.663. The van der Waals surface area contributed by atoms with Crippen molar-refractivity contribution in [2.24, 2.45) is 11.8 Å². The van der Waals surface area contributed by atoms with Crippen molar-refractivity contribution in [3.8, 4) is 0 Å². The standard InChI is InChI=1S/C14H21N3O4/c1-9(2)10(3-4-13(19)20)5-6-15-14(21)11-7-17-12(18)8-16-11/h7-10H,3-6H2,1-2H3,(H,15,21)(H,17,18)(H,19,20). The van der Waals surface area contributed by atoms with Gasteiger partial charge in [-0.05, 0) is 24.7 Å². The lowest BCUT2D eigenvalue weighted by atomic mass is 9.88. The zero-order valence-electron chi connectivity index (χ0n) is 12.3. The molecule has 0 saturated heterocycles. The Morgan fingerprint density at radius 3 is 2.62 bits per heavy atom. The Morgan fingerprint density at radius 2 is 2.10 bits per heavy atom. The molecule has 1 amide bonds. The first-order valence-corrected chi connectivity index (χ1v) is 6.95. The number of carboxylic acids is 1. The number of nitrogens with one attached hydrogen (secondary N) is 2. The number of carboxylic acid groups (broad SMARTS) is 1. The predicted octanol–water partition coefficient (Wildman–Crippen LogP) is 1.03. The van der Waals surface area contributed by atoms with Gasteiger partial charge in [0, 0.05) is 19.2 Å². The first-order chi connectivity index (χ1) is 9.90. The van der Waals surface area contributed by atoms with E-state index < -0.39 is 5.97 Å². The van der Waals surface area contributed by atoms with Crippen LogP contribution in [-0.4, -0.2) is 33.5 Å². The van der Waals surface area contributed by atoms with Crippen LogP contribution in [0.1, 0.15) is 43.6 Å². The number of H-pyrrole nitrogens is 1. The highest BCUT2D eigenvalue weighted by molar-refractivity contribution is 5.91. The summed E-state index contributed by atoms with van der Waals surface area (Å²) in [5, 5.41) is 11.4. The lowest BCUT2D eigenvalue weighted by molar-refractivity contribution is -0.137. The third-order valence-electron chi connectivity index (χ3n) is 3.38. The fraction of sp³-hybridized carbons (Fsp3) is 0.571. The molecule has 0 fully saturated rings. The maximum atomic E-state index is 11.8. The van der Waals surface area contributed by atoms with Crippen LogP contribution < -0.4 is 10.9 Å². The van der Waals surface area contributed by atoms with Crippen molar-refractivity contribution in [1.29, 1.82) is 0 Å². The van der Waals surface area contributed by atoms with Gasteiger partial charge in [-0.3, -0.25) is 14.4 Å². The maximum Gasteiger partial charge on any atom is 0.303 e. The fourth-order valence-electron chi connectivity index (χ4n) is 2.05. The number of amides is 1. The lowest BCUT2D eigenvalue weighted by Crippen LogP contribution is -2.28. The SMILES string of the molecule is CC(C)C(CCNC(=O)c1c[nH]c(=O)cn1)CCC(=O)O. The Morgan fingerprint density at radius 1 is 1.38 bits per heavy atom. The van der Waals surface area contributed by atoms with E-state index in [1.165, 1.54) is 6.20 Å². The van der Waals surface area contributed by atoms with Gasteiger partial charge in [0.1, 0.15) is 5.69 Å². The number of carbonyl (C=O) groups is 2. The van der Waals surface area contributed by atoms with E-state index in [0.29, 0.717) is 25.3 Å². The summed E-state index contributed by atoms with van der Waals surface area (Å²) in [6.45, 7) is 4.53. The smallest absolute Gasteiger partial charge is 0.303 e. The molecule has 1 unspecified atom stereocenters. The third kappa shape index (κ3) is 6.20. The van der Waals surface area contributed by atoms with Crippen LogP contribution in [0.15, 0.2) is 17.2 Å². The molecule has 0 radical (unpaired) electrons. The zero-order valence-corrected chi connectivity index (χ0v) is 12.3. The van der Waals surface area contributed by atoms with Crippen LogP contribution in [0.3, 0.4) is 0 Å². The molecule has 116 valence electrons. The van der Waals surface area contributed by atoms with Gasteiger partial charge >= 0.3 is 5.97 Å². The molecule has 1 aromatic rings. The van der Waals surface area contributed by atoms with Gasteiger partial charge in [0.15, 0.2) is 0 Å². The normalized spacial score (nSPS) is 12.1. The first kappa shape index (κ1) is 16.9. The molecule has 21 heavy (non-hydrogen) atoms. The first-order valence-electron chi connectivity index (χ1n) is 6.95. The average Bonchev–Trinajstić information content (AvgIpc) is 2.42. The summed E-state index contributed by atoms with van der Waals surface area (Å²) in [5.74, 6) is -0.563. The Kier molecular flexibility index (Phi) is 6.58. The van der Waals surface area contributed by atoms with Crippen molar-refractivity contribution < 1.29 is 14.7 Å². The van der Waals surface area contributed by atoms with E-state index in [-0.39, 0.29) is 29.5 Å². The molecule has 7 heteroatoms. The molecule has 0 aromatic carbocycles. The molecule has 7 nitrogen and oxygen atoms in total. The molecule has 0 saturated carbocycles. The number of aromatic amines is 1. The minimum Gasteiger partial charge on any atom is -0.481 e. The minimum absolute atomic E-state index is 0.137. The maximum absolute atomic E-state index is 11.8. The summed E-state index contributed by atoms with van der Waals surface area (Å²) in [7, 11) is 0. The van der Waals surface area contributed by atoms with E-state index in [1.54, 1.807) is 0 Å². The number of carbonyl (C=O) groups excluding carboxylic acids is 1. The zero-order chi connectivity index (χ0) is 15.8. The van der Waals surface area contributed by atoms with Crippen LogP contribution in [0, 0.1) is 11.8 Å². The number of hydrogen-bond donors (Lipinski definition) is 3. The highest BCUT2D eigenvalue weighted by atomic mass is 16.4. The topological polar surface area (TPSA) is 112 Å². The fourth-order valence-corrected chi connectivity index (χ4v) is 2.05. The van der Waals surface area contributed by atoms with E-state index in [1.807, 2.05) is 13.8 Å². The Hall–Kier alpha value is -2.18. The van der Waals surface area contributed by atoms with Crippen molar-refractivity contribution in [1.82, 2.24) is 15.3 Å². The van der Waals surface area contributed by atoms with Crippen LogP contribution >= 0.6 is 0 Å². The molecule has 3 N–H and O–H groups in total. The van der Waals surface area contributed by atoms with Gasteiger partial charge < -0.3 is 15.4 Å². The highest BCUT2D eigenvalue weighted by Gasteiger charge is 2.15. The van der Waals surface area contributed by atoms with Crippen LogP contribution in [0.4, 0.5) is 0 Å². The number of hydrogen-bond acceptors (Lipinski definition) is 4. The van der Waals surface area contributed by atoms with Crippen LogP contribution in [0.5, 0.6) is 0 Å². The van der Waals surface area contributed by atoms with Crippen molar-refractivity contribution in [3.05, 3.63) is 28.4 Å². The number of aliphatic carboxylic acids is 1. The van der Waals surface area contributed by atoms with Crippen LogP contribution in [0.2, 0.25) is 0 Å². The number of aromatic nitrogens is 2. The van der Waals surface area contributed by atoms with Crippen molar-refractivity contribution >= 4 is 11.9 Å². The summed E-state index contributed by atoms with van der Waals surface area (Å²) in [6, 6.07) is 0. The van der Waals surface area contributed by atoms with E-state index in [2.05, 4.69) is 15.3 Å². The number of nitrogens with zero attached hydrogens (tertiary/aromatic N) is 1. The van der Waals surface area contributed by atoms with Gasteiger partial charge in [-0.2, -0.15) is 0 Å². The predicted molar refractivity (Wildman–Crippen MR) is 77.0 cm³/mol. The molecule has 0 spiro atoms. The second-order valence-electron chi connectivity index (χ2n) is 5.28. The van der Waals surface area contributed by atoms with Gasteiger partial charge in [0.25, 0.3) is 11.5 Å². The van der Waals surface area contributed by atoms with Gasteiger partial charge in [0.05, 0.1) is 6.20 Å². The third-order valence-corrected chi connectivity index (χ3v) is 3.38. The molecule has 1 aromatic heterocycles. The van der Waals surface area contributed by atoms with Gasteiger partial charge in [-0.25, -0.2) is 4.98 Å². The molecule has 1 rings (SSSR count). The monoisotopic (exact) mass is 295 g/mol. The van der Waals surface area contributed by atoms with Crippen molar-refractivity contribution in [2.45, 2.75) is 33.1 Å². The number of rotatable bonds is 8. The largest absolute Gasteiger partial charge is 0.481 e. The molecule has 1 atom stereocenters. The summed E-state index contributed by atoms with van der Waals surface area (Å²) < 4.78 is 0. The van der Waals surface area contributed by atoms with E-state index in [0.717, 1.165) is 6.20 Å². The second kappa shape index (κ2) is 8.18. The summed E-state index contributed by atoms with van der Waals surface area (Å²) >= 11 is 0. The summed E-state index contributed by atoms with van der Waals surface area (Å²) in [5.41, 5.74) is -0.207. The van der Waals surface area contributed by atoms with Crippen LogP contribution in [-0.2, 0) is 4.79 Å². The van der Waals surface area contributed by atoms with E-state index >= 15 is 0 Å². The highest BCUT2D eigenvalue weighted by Crippen LogP contribution is 2.20. The Balaban J connectivity index is 2.42. The second-order valence-corrected chi connectivity index (χ2v) is 5.28. The molecule has 0 aliphatic rings. The molecule has 0 bridgehead atoms. The molecular formula is C14H21N3O4. The average molecular weight is 295 g/mol. The molecule has 0 aliphatic carbocycles. The Bertz CT molecular complexity index is 519. The van der Waals surface area contributed by atoms with Gasteiger partial charge in [0.2, 0.25) is 0 Å². The molecule has 0 aliphatic heterocycles. The lowest BCUT2D eigenvalue weighted by Gasteiger charge is -2.20. The molecular weight excluding hydrogens is 274 g/mol. The minimum atomic E-state index is -0.804. The van der Waals surface area contributed by atoms with Gasteiger partial charge in [-0.15, -0.1) is 0 Å². The van der Waals surface area contributed by atoms with Crippen LogP contribution in [0.25, 0.3) is 0 Å². The van der Waals surface area contributed by atoms with Crippen molar-refractivity contribution in [2.75, 3.05) is 6.54 Å². The summed E-state index contributed by atoms with van der Waals surface area (Å²) in [6.07, 6.45) is 3.76. The molecule has 1 heterocycles. The van der Waals surface area contributed by atoms with Crippen molar-refractivity contribution in [3.63, 3.8) is 0 Å². The van der Waals surface area contributed by atoms with E-state index in [9.17, 15) is 14.4 Å².